The Hall–Kier alpha value is -2.34. The fourth-order valence-electron chi connectivity index (χ4n) is 4.01. The SMILES string of the molecule is O=C(O)c1c(N2CCCC3(CCNC3)C2)noc1-c1ccccc1. The molecular weight excluding hydrogens is 306 g/mol. The number of benzene rings is 1. The Morgan fingerprint density at radius 2 is 2.12 bits per heavy atom. The summed E-state index contributed by atoms with van der Waals surface area (Å²) >= 11 is 0. The molecule has 2 N–H and O–H groups in total. The molecule has 3 heterocycles. The van der Waals surface area contributed by atoms with Crippen molar-refractivity contribution in [1.82, 2.24) is 10.5 Å². The number of carbonyl (C=O) groups is 1. The van der Waals surface area contributed by atoms with Crippen LogP contribution in [0.3, 0.4) is 0 Å². The molecule has 2 aliphatic rings. The van der Waals surface area contributed by atoms with Gasteiger partial charge in [0.05, 0.1) is 0 Å². The summed E-state index contributed by atoms with van der Waals surface area (Å²) in [6, 6.07) is 9.31. The van der Waals surface area contributed by atoms with Gasteiger partial charge in [0.25, 0.3) is 0 Å². The number of carboxylic acid groups (broad SMARTS) is 1. The zero-order valence-electron chi connectivity index (χ0n) is 13.5. The first-order valence-corrected chi connectivity index (χ1v) is 8.43. The molecule has 24 heavy (non-hydrogen) atoms. The Bertz CT molecular complexity index is 735. The van der Waals surface area contributed by atoms with E-state index in [0.717, 1.165) is 44.6 Å². The van der Waals surface area contributed by atoms with Gasteiger partial charge in [-0.2, -0.15) is 0 Å². The highest BCUT2D eigenvalue weighted by atomic mass is 16.5. The Labute approximate surface area is 140 Å². The molecule has 1 aromatic carbocycles. The van der Waals surface area contributed by atoms with Gasteiger partial charge < -0.3 is 19.8 Å². The highest BCUT2D eigenvalue weighted by Gasteiger charge is 2.40. The van der Waals surface area contributed by atoms with Gasteiger partial charge in [-0.25, -0.2) is 4.79 Å². The molecule has 2 saturated heterocycles. The van der Waals surface area contributed by atoms with Crippen molar-refractivity contribution >= 4 is 11.8 Å². The second kappa shape index (κ2) is 5.94. The van der Waals surface area contributed by atoms with Crippen molar-refractivity contribution in [2.24, 2.45) is 5.41 Å². The van der Waals surface area contributed by atoms with Crippen LogP contribution in [0.5, 0.6) is 0 Å². The summed E-state index contributed by atoms with van der Waals surface area (Å²) in [5.41, 5.74) is 1.15. The maximum absolute atomic E-state index is 11.9. The van der Waals surface area contributed by atoms with Crippen molar-refractivity contribution in [2.75, 3.05) is 31.1 Å². The van der Waals surface area contributed by atoms with Gasteiger partial charge in [-0.15, -0.1) is 0 Å². The maximum Gasteiger partial charge on any atom is 0.343 e. The van der Waals surface area contributed by atoms with E-state index in [9.17, 15) is 9.90 Å². The minimum absolute atomic E-state index is 0.171. The summed E-state index contributed by atoms with van der Waals surface area (Å²) in [7, 11) is 0. The van der Waals surface area contributed by atoms with Crippen LogP contribution in [0, 0.1) is 5.41 Å². The molecular formula is C18H21N3O3. The van der Waals surface area contributed by atoms with Gasteiger partial charge in [-0.1, -0.05) is 35.5 Å². The second-order valence-corrected chi connectivity index (χ2v) is 6.83. The van der Waals surface area contributed by atoms with Crippen LogP contribution >= 0.6 is 0 Å². The first kappa shape index (κ1) is 15.2. The molecule has 2 fully saturated rings. The Kier molecular flexibility index (Phi) is 3.76. The number of rotatable bonds is 3. The predicted molar refractivity (Wildman–Crippen MR) is 90.3 cm³/mol. The molecule has 0 radical (unpaired) electrons. The monoisotopic (exact) mass is 327 g/mol. The number of aromatic nitrogens is 1. The van der Waals surface area contributed by atoms with Crippen molar-refractivity contribution in [1.29, 1.82) is 0 Å². The summed E-state index contributed by atoms with van der Waals surface area (Å²) in [6.07, 6.45) is 3.37. The molecule has 6 nitrogen and oxygen atoms in total. The van der Waals surface area contributed by atoms with Crippen molar-refractivity contribution < 1.29 is 14.4 Å². The van der Waals surface area contributed by atoms with Crippen molar-refractivity contribution in [3.05, 3.63) is 35.9 Å². The third-order valence-corrected chi connectivity index (χ3v) is 5.22. The van der Waals surface area contributed by atoms with Crippen molar-refractivity contribution in [2.45, 2.75) is 19.3 Å². The molecule has 6 heteroatoms. The average molecular weight is 327 g/mol. The second-order valence-electron chi connectivity index (χ2n) is 6.83. The molecule has 4 rings (SSSR count). The summed E-state index contributed by atoms with van der Waals surface area (Å²) in [5.74, 6) is -0.191. The van der Waals surface area contributed by atoms with Crippen molar-refractivity contribution in [3.63, 3.8) is 0 Å². The number of aromatic carboxylic acids is 1. The Morgan fingerprint density at radius 1 is 1.29 bits per heavy atom. The first-order valence-electron chi connectivity index (χ1n) is 8.43. The number of hydrogen-bond donors (Lipinski definition) is 2. The van der Waals surface area contributed by atoms with E-state index in [-0.39, 0.29) is 11.0 Å². The number of anilines is 1. The maximum atomic E-state index is 11.9. The largest absolute Gasteiger partial charge is 0.477 e. The highest BCUT2D eigenvalue weighted by molar-refractivity contribution is 5.99. The van der Waals surface area contributed by atoms with Gasteiger partial charge in [-0.3, -0.25) is 0 Å². The molecule has 1 aromatic heterocycles. The van der Waals surface area contributed by atoms with E-state index in [2.05, 4.69) is 15.4 Å². The van der Waals surface area contributed by atoms with E-state index in [1.165, 1.54) is 6.42 Å². The standard InChI is InChI=1S/C18H21N3O3/c22-17(23)14-15(13-5-2-1-3-6-13)24-20-16(14)21-10-4-7-18(12-21)8-9-19-11-18/h1-3,5-6,19H,4,7-12H2,(H,22,23). The third kappa shape index (κ3) is 2.57. The smallest absolute Gasteiger partial charge is 0.343 e. The van der Waals surface area contributed by atoms with Gasteiger partial charge in [-0.05, 0) is 25.8 Å². The van der Waals surface area contributed by atoms with Crippen LogP contribution in [0.1, 0.15) is 29.6 Å². The van der Waals surface area contributed by atoms with Crippen LogP contribution in [-0.2, 0) is 0 Å². The summed E-state index contributed by atoms with van der Waals surface area (Å²) in [6.45, 7) is 3.69. The van der Waals surface area contributed by atoms with Crippen molar-refractivity contribution in [3.8, 4) is 11.3 Å². The molecule has 126 valence electrons. The molecule has 1 unspecified atom stereocenters. The molecule has 2 aromatic rings. The molecule has 1 spiro atoms. The first-order chi connectivity index (χ1) is 11.7. The fourth-order valence-corrected chi connectivity index (χ4v) is 4.01. The Morgan fingerprint density at radius 3 is 2.83 bits per heavy atom. The zero-order chi connectivity index (χ0) is 16.6. The topological polar surface area (TPSA) is 78.6 Å². The molecule has 2 aliphatic heterocycles. The van der Waals surface area contributed by atoms with Crippen LogP contribution in [0.4, 0.5) is 5.82 Å². The fraction of sp³-hybridized carbons (Fsp3) is 0.444. The predicted octanol–water partition coefficient (Wildman–Crippen LogP) is 2.62. The molecule has 0 aliphatic carbocycles. The van der Waals surface area contributed by atoms with Crippen LogP contribution in [0.25, 0.3) is 11.3 Å². The van der Waals surface area contributed by atoms with Gasteiger partial charge in [0.15, 0.2) is 17.1 Å². The van der Waals surface area contributed by atoms with E-state index in [1.54, 1.807) is 0 Å². The van der Waals surface area contributed by atoms with E-state index in [0.29, 0.717) is 11.6 Å². The Balaban J connectivity index is 1.70. The van der Waals surface area contributed by atoms with E-state index >= 15 is 0 Å². The van der Waals surface area contributed by atoms with Gasteiger partial charge in [0, 0.05) is 30.6 Å². The molecule has 0 saturated carbocycles. The minimum atomic E-state index is -0.991. The summed E-state index contributed by atoms with van der Waals surface area (Å²) in [5, 5.41) is 17.3. The average Bonchev–Trinajstić information content (AvgIpc) is 3.23. The van der Waals surface area contributed by atoms with Gasteiger partial charge >= 0.3 is 5.97 Å². The lowest BCUT2D eigenvalue weighted by Gasteiger charge is -2.40. The van der Waals surface area contributed by atoms with Crippen LogP contribution in [0.15, 0.2) is 34.9 Å². The van der Waals surface area contributed by atoms with Gasteiger partial charge in [0.1, 0.15) is 0 Å². The molecule has 1 atom stereocenters. The number of hydrogen-bond acceptors (Lipinski definition) is 5. The van der Waals surface area contributed by atoms with Crippen LogP contribution in [0.2, 0.25) is 0 Å². The normalized spacial score (nSPS) is 23.8. The zero-order valence-corrected chi connectivity index (χ0v) is 13.5. The van der Waals surface area contributed by atoms with Crippen LogP contribution < -0.4 is 10.2 Å². The molecule has 0 amide bonds. The lowest BCUT2D eigenvalue weighted by Crippen LogP contribution is -2.45. The lowest BCUT2D eigenvalue weighted by atomic mass is 9.79. The number of carboxylic acids is 1. The summed E-state index contributed by atoms with van der Waals surface area (Å²) < 4.78 is 5.46. The van der Waals surface area contributed by atoms with E-state index in [4.69, 9.17) is 4.52 Å². The number of piperidine rings is 1. The summed E-state index contributed by atoms with van der Waals surface area (Å²) in [4.78, 5) is 14.0. The third-order valence-electron chi connectivity index (χ3n) is 5.22. The van der Waals surface area contributed by atoms with Gasteiger partial charge in [0.2, 0.25) is 0 Å². The molecule has 0 bridgehead atoms. The van der Waals surface area contributed by atoms with Crippen LogP contribution in [-0.4, -0.2) is 42.4 Å². The quantitative estimate of drug-likeness (QED) is 0.902. The minimum Gasteiger partial charge on any atom is -0.477 e. The number of nitrogens with zero attached hydrogens (tertiary/aromatic N) is 2. The lowest BCUT2D eigenvalue weighted by molar-refractivity contribution is 0.0697. The van der Waals surface area contributed by atoms with E-state index < -0.39 is 5.97 Å². The highest BCUT2D eigenvalue weighted by Crippen LogP contribution is 2.39. The number of nitrogens with one attached hydrogen (secondary N) is 1. The van der Waals surface area contributed by atoms with E-state index in [1.807, 2.05) is 30.3 Å².